The van der Waals surface area contributed by atoms with Crippen LogP contribution in [0.25, 0.3) is 0 Å². The molecular formula is C13H26N2O2. The SMILES string of the molecule is CC(C)CN1CC(C)N(C)C(CCC(=O)O)C1. The summed E-state index contributed by atoms with van der Waals surface area (Å²) in [5.41, 5.74) is 0. The summed E-state index contributed by atoms with van der Waals surface area (Å²) in [6, 6.07) is 0.898. The molecule has 2 atom stereocenters. The van der Waals surface area contributed by atoms with Crippen molar-refractivity contribution in [2.45, 2.75) is 45.7 Å². The Balaban J connectivity index is 2.51. The fraction of sp³-hybridized carbons (Fsp3) is 0.923. The first-order valence-corrected chi connectivity index (χ1v) is 6.56. The summed E-state index contributed by atoms with van der Waals surface area (Å²) in [5.74, 6) is -0.0160. The molecule has 17 heavy (non-hydrogen) atoms. The lowest BCUT2D eigenvalue weighted by Crippen LogP contribution is -2.56. The molecule has 1 rings (SSSR count). The molecule has 1 N–H and O–H groups in total. The Morgan fingerprint density at radius 3 is 2.59 bits per heavy atom. The molecule has 1 saturated heterocycles. The largest absolute Gasteiger partial charge is 0.481 e. The number of likely N-dealkylation sites (N-methyl/N-ethyl adjacent to an activating group) is 1. The Bertz CT molecular complexity index is 256. The third-order valence-electron chi connectivity index (χ3n) is 3.58. The highest BCUT2D eigenvalue weighted by molar-refractivity contribution is 5.66. The van der Waals surface area contributed by atoms with E-state index in [0.29, 0.717) is 18.0 Å². The predicted octanol–water partition coefficient (Wildman–Crippen LogP) is 1.51. The smallest absolute Gasteiger partial charge is 0.303 e. The van der Waals surface area contributed by atoms with Gasteiger partial charge < -0.3 is 5.11 Å². The highest BCUT2D eigenvalue weighted by Crippen LogP contribution is 2.18. The summed E-state index contributed by atoms with van der Waals surface area (Å²) in [5, 5.41) is 8.78. The van der Waals surface area contributed by atoms with E-state index in [1.54, 1.807) is 0 Å². The third-order valence-corrected chi connectivity index (χ3v) is 3.58. The maximum atomic E-state index is 10.7. The number of carboxylic acid groups (broad SMARTS) is 1. The molecule has 0 saturated carbocycles. The number of rotatable bonds is 5. The van der Waals surface area contributed by atoms with Gasteiger partial charge in [-0.3, -0.25) is 14.6 Å². The van der Waals surface area contributed by atoms with E-state index in [2.05, 4.69) is 37.6 Å². The summed E-state index contributed by atoms with van der Waals surface area (Å²) >= 11 is 0. The van der Waals surface area contributed by atoms with Crippen molar-refractivity contribution in [1.29, 1.82) is 0 Å². The van der Waals surface area contributed by atoms with Gasteiger partial charge in [-0.15, -0.1) is 0 Å². The predicted molar refractivity (Wildman–Crippen MR) is 69.2 cm³/mol. The molecule has 1 fully saturated rings. The van der Waals surface area contributed by atoms with Crippen molar-refractivity contribution in [3.8, 4) is 0 Å². The second kappa shape index (κ2) is 6.36. The molecule has 0 aliphatic carbocycles. The van der Waals surface area contributed by atoms with E-state index in [9.17, 15) is 4.79 Å². The van der Waals surface area contributed by atoms with Crippen LogP contribution in [0.2, 0.25) is 0 Å². The van der Waals surface area contributed by atoms with E-state index >= 15 is 0 Å². The fourth-order valence-electron chi connectivity index (χ4n) is 2.61. The average Bonchev–Trinajstić information content (AvgIpc) is 2.20. The number of nitrogens with zero attached hydrogens (tertiary/aromatic N) is 2. The Kier molecular flexibility index (Phi) is 5.40. The van der Waals surface area contributed by atoms with Crippen LogP contribution in [0.5, 0.6) is 0 Å². The second-order valence-corrected chi connectivity index (χ2v) is 5.71. The van der Waals surface area contributed by atoms with Crippen molar-refractivity contribution in [1.82, 2.24) is 9.80 Å². The van der Waals surface area contributed by atoms with Gasteiger partial charge in [0.15, 0.2) is 0 Å². The van der Waals surface area contributed by atoms with Crippen LogP contribution in [0.4, 0.5) is 0 Å². The number of hydrogen-bond acceptors (Lipinski definition) is 3. The standard InChI is InChI=1S/C13H26N2O2/c1-10(2)7-15-8-11(3)14(4)12(9-15)5-6-13(16)17/h10-12H,5-9H2,1-4H3,(H,16,17). The molecule has 4 heteroatoms. The summed E-state index contributed by atoms with van der Waals surface area (Å²) < 4.78 is 0. The minimum atomic E-state index is -0.688. The van der Waals surface area contributed by atoms with E-state index < -0.39 is 5.97 Å². The second-order valence-electron chi connectivity index (χ2n) is 5.71. The van der Waals surface area contributed by atoms with Crippen LogP contribution in [0.15, 0.2) is 0 Å². The summed E-state index contributed by atoms with van der Waals surface area (Å²) in [4.78, 5) is 15.5. The first-order chi connectivity index (χ1) is 7.90. The maximum Gasteiger partial charge on any atom is 0.303 e. The highest BCUT2D eigenvalue weighted by Gasteiger charge is 2.29. The van der Waals surface area contributed by atoms with Crippen LogP contribution in [-0.2, 0) is 4.79 Å². The first-order valence-electron chi connectivity index (χ1n) is 6.56. The van der Waals surface area contributed by atoms with Crippen LogP contribution >= 0.6 is 0 Å². The molecule has 0 radical (unpaired) electrons. The van der Waals surface area contributed by atoms with E-state index in [1.807, 2.05) is 0 Å². The number of hydrogen-bond donors (Lipinski definition) is 1. The van der Waals surface area contributed by atoms with Crippen molar-refractivity contribution in [2.24, 2.45) is 5.92 Å². The Labute approximate surface area is 105 Å². The molecule has 4 nitrogen and oxygen atoms in total. The summed E-state index contributed by atoms with van der Waals surface area (Å²) in [6.07, 6.45) is 1.03. The number of carbonyl (C=O) groups is 1. The lowest BCUT2D eigenvalue weighted by atomic mass is 10.0. The minimum absolute atomic E-state index is 0.275. The first kappa shape index (κ1) is 14.5. The third kappa shape index (κ3) is 4.64. The fourth-order valence-corrected chi connectivity index (χ4v) is 2.61. The van der Waals surface area contributed by atoms with Gasteiger partial charge in [0.1, 0.15) is 0 Å². The van der Waals surface area contributed by atoms with Gasteiger partial charge in [-0.05, 0) is 26.3 Å². The zero-order valence-electron chi connectivity index (χ0n) is 11.5. The van der Waals surface area contributed by atoms with Gasteiger partial charge in [0.2, 0.25) is 0 Å². The molecule has 1 aliphatic rings. The van der Waals surface area contributed by atoms with Gasteiger partial charge in [0, 0.05) is 38.1 Å². The zero-order chi connectivity index (χ0) is 13.0. The summed E-state index contributed by atoms with van der Waals surface area (Å²) in [7, 11) is 2.11. The van der Waals surface area contributed by atoms with Gasteiger partial charge in [-0.25, -0.2) is 0 Å². The normalized spacial score (nSPS) is 27.6. The molecule has 100 valence electrons. The molecular weight excluding hydrogens is 216 g/mol. The molecule has 0 aromatic heterocycles. The van der Waals surface area contributed by atoms with E-state index in [4.69, 9.17) is 5.11 Å². The van der Waals surface area contributed by atoms with E-state index in [1.165, 1.54) is 0 Å². The monoisotopic (exact) mass is 242 g/mol. The van der Waals surface area contributed by atoms with Gasteiger partial charge in [-0.2, -0.15) is 0 Å². The Morgan fingerprint density at radius 1 is 1.41 bits per heavy atom. The Morgan fingerprint density at radius 2 is 2.06 bits per heavy atom. The average molecular weight is 242 g/mol. The number of aliphatic carboxylic acids is 1. The molecule has 1 heterocycles. The molecule has 0 aromatic carbocycles. The molecule has 0 spiro atoms. The lowest BCUT2D eigenvalue weighted by Gasteiger charge is -2.44. The molecule has 0 bridgehead atoms. The van der Waals surface area contributed by atoms with Gasteiger partial charge in [0.25, 0.3) is 0 Å². The van der Waals surface area contributed by atoms with Crippen molar-refractivity contribution >= 4 is 5.97 Å². The summed E-state index contributed by atoms with van der Waals surface area (Å²) in [6.45, 7) is 9.90. The minimum Gasteiger partial charge on any atom is -0.481 e. The van der Waals surface area contributed by atoms with Crippen LogP contribution in [0.1, 0.15) is 33.6 Å². The molecule has 0 amide bonds. The van der Waals surface area contributed by atoms with Gasteiger partial charge >= 0.3 is 5.97 Å². The quantitative estimate of drug-likeness (QED) is 0.793. The zero-order valence-corrected chi connectivity index (χ0v) is 11.5. The maximum absolute atomic E-state index is 10.7. The Hall–Kier alpha value is -0.610. The lowest BCUT2D eigenvalue weighted by molar-refractivity contribution is -0.137. The molecule has 2 unspecified atom stereocenters. The van der Waals surface area contributed by atoms with Gasteiger partial charge in [0.05, 0.1) is 0 Å². The van der Waals surface area contributed by atoms with Crippen molar-refractivity contribution in [3.05, 3.63) is 0 Å². The van der Waals surface area contributed by atoms with Gasteiger partial charge in [-0.1, -0.05) is 13.8 Å². The van der Waals surface area contributed by atoms with Crippen molar-refractivity contribution in [3.63, 3.8) is 0 Å². The van der Waals surface area contributed by atoms with Crippen molar-refractivity contribution < 1.29 is 9.90 Å². The number of piperazine rings is 1. The van der Waals surface area contributed by atoms with Crippen LogP contribution < -0.4 is 0 Å². The highest BCUT2D eigenvalue weighted by atomic mass is 16.4. The van der Waals surface area contributed by atoms with Crippen LogP contribution in [0.3, 0.4) is 0 Å². The van der Waals surface area contributed by atoms with E-state index in [-0.39, 0.29) is 6.42 Å². The topological polar surface area (TPSA) is 43.8 Å². The van der Waals surface area contributed by atoms with E-state index in [0.717, 1.165) is 26.1 Å². The number of carboxylic acids is 1. The van der Waals surface area contributed by atoms with Crippen LogP contribution in [-0.4, -0.2) is 59.6 Å². The molecule has 1 aliphatic heterocycles. The van der Waals surface area contributed by atoms with Crippen molar-refractivity contribution in [2.75, 3.05) is 26.7 Å². The van der Waals surface area contributed by atoms with Crippen LogP contribution in [0, 0.1) is 5.92 Å². The molecule has 0 aromatic rings.